The van der Waals surface area contributed by atoms with Gasteiger partial charge in [-0.1, -0.05) is 26.0 Å². The zero-order chi connectivity index (χ0) is 24.0. The predicted molar refractivity (Wildman–Crippen MR) is 123 cm³/mol. The minimum atomic E-state index is -1.04. The van der Waals surface area contributed by atoms with Gasteiger partial charge in [0.2, 0.25) is 5.91 Å². The van der Waals surface area contributed by atoms with Crippen LogP contribution < -0.4 is 15.4 Å². The number of aromatic amines is 1. The Labute approximate surface area is 191 Å². The second kappa shape index (κ2) is 10.6. The molecule has 9 heteroatoms. The summed E-state index contributed by atoms with van der Waals surface area (Å²) in [5, 5.41) is 6.24. The summed E-state index contributed by atoms with van der Waals surface area (Å²) < 4.78 is 10.2. The van der Waals surface area contributed by atoms with Crippen LogP contribution in [0, 0.1) is 5.92 Å². The van der Waals surface area contributed by atoms with Crippen molar-refractivity contribution in [2.45, 2.75) is 32.4 Å². The molecule has 1 aromatic carbocycles. The standard InChI is InChI=1S/C24H28N4O5/c1-14(2)11-18(23(30)28-21(24(31)33-4)15-7-6-10-25-13-15)27-22(29)19-12-16-17(26-19)8-5-9-20(16)32-3/h5-10,12-14,18,21,26H,11H2,1-4H3,(H,27,29)(H,28,30)/t18-,21?/m0/s1. The van der Waals surface area contributed by atoms with Crippen LogP contribution in [0.15, 0.2) is 48.8 Å². The van der Waals surface area contributed by atoms with Gasteiger partial charge in [-0.25, -0.2) is 4.79 Å². The van der Waals surface area contributed by atoms with E-state index in [9.17, 15) is 14.4 Å². The second-order valence-corrected chi connectivity index (χ2v) is 8.01. The first-order valence-corrected chi connectivity index (χ1v) is 10.6. The Bertz CT molecular complexity index is 1130. The fourth-order valence-corrected chi connectivity index (χ4v) is 3.55. The predicted octanol–water partition coefficient (Wildman–Crippen LogP) is 2.75. The van der Waals surface area contributed by atoms with Crippen molar-refractivity contribution >= 4 is 28.7 Å². The Balaban J connectivity index is 1.82. The van der Waals surface area contributed by atoms with Crippen molar-refractivity contribution in [2.24, 2.45) is 5.92 Å². The zero-order valence-electron chi connectivity index (χ0n) is 19.0. The lowest BCUT2D eigenvalue weighted by molar-refractivity contribution is -0.145. The van der Waals surface area contributed by atoms with Crippen molar-refractivity contribution in [2.75, 3.05) is 14.2 Å². The number of aromatic nitrogens is 2. The van der Waals surface area contributed by atoms with Crippen LogP contribution in [-0.2, 0) is 14.3 Å². The van der Waals surface area contributed by atoms with E-state index in [1.54, 1.807) is 37.6 Å². The molecule has 0 saturated carbocycles. The molecular weight excluding hydrogens is 424 g/mol. The summed E-state index contributed by atoms with van der Waals surface area (Å²) in [6.07, 6.45) is 3.43. The van der Waals surface area contributed by atoms with Crippen LogP contribution in [0.5, 0.6) is 5.75 Å². The van der Waals surface area contributed by atoms with Gasteiger partial charge in [-0.15, -0.1) is 0 Å². The molecule has 2 atom stereocenters. The fraction of sp³-hybridized carbons (Fsp3) is 0.333. The highest BCUT2D eigenvalue weighted by atomic mass is 16.5. The molecule has 0 aliphatic heterocycles. The van der Waals surface area contributed by atoms with E-state index < -0.39 is 29.9 Å². The number of rotatable bonds is 9. The minimum absolute atomic E-state index is 0.110. The number of carbonyl (C=O) groups excluding carboxylic acids is 3. The molecule has 3 aromatic rings. The lowest BCUT2D eigenvalue weighted by Crippen LogP contribution is -2.49. The van der Waals surface area contributed by atoms with Crippen molar-refractivity contribution < 1.29 is 23.9 Å². The lowest BCUT2D eigenvalue weighted by Gasteiger charge is -2.23. The van der Waals surface area contributed by atoms with Gasteiger partial charge in [0.1, 0.15) is 17.5 Å². The van der Waals surface area contributed by atoms with Crippen LogP contribution in [0.1, 0.15) is 42.4 Å². The molecule has 0 bridgehead atoms. The highest BCUT2D eigenvalue weighted by Gasteiger charge is 2.29. The number of methoxy groups -OCH3 is 2. The third-order valence-electron chi connectivity index (χ3n) is 5.16. The quantitative estimate of drug-likeness (QED) is 0.429. The van der Waals surface area contributed by atoms with E-state index in [4.69, 9.17) is 9.47 Å². The number of H-pyrrole nitrogens is 1. The second-order valence-electron chi connectivity index (χ2n) is 8.01. The molecule has 0 aliphatic rings. The molecule has 0 saturated heterocycles. The smallest absolute Gasteiger partial charge is 0.333 e. The number of ether oxygens (including phenoxy) is 2. The number of fused-ring (bicyclic) bond motifs is 1. The van der Waals surface area contributed by atoms with E-state index in [0.717, 1.165) is 10.9 Å². The van der Waals surface area contributed by atoms with Gasteiger partial charge in [0.15, 0.2) is 6.04 Å². The number of esters is 1. The summed E-state index contributed by atoms with van der Waals surface area (Å²) in [5.74, 6) is -0.820. The first kappa shape index (κ1) is 23.8. The van der Waals surface area contributed by atoms with Crippen molar-refractivity contribution in [3.63, 3.8) is 0 Å². The van der Waals surface area contributed by atoms with Gasteiger partial charge in [-0.05, 0) is 36.6 Å². The Hall–Kier alpha value is -3.88. The minimum Gasteiger partial charge on any atom is -0.496 e. The summed E-state index contributed by atoms with van der Waals surface area (Å²) in [6.45, 7) is 3.89. The topological polar surface area (TPSA) is 122 Å². The molecule has 9 nitrogen and oxygen atoms in total. The van der Waals surface area contributed by atoms with E-state index >= 15 is 0 Å². The largest absolute Gasteiger partial charge is 0.496 e. The van der Waals surface area contributed by atoms with Crippen LogP contribution >= 0.6 is 0 Å². The van der Waals surface area contributed by atoms with Crippen LogP contribution in [0.3, 0.4) is 0 Å². The molecular formula is C24H28N4O5. The number of benzene rings is 1. The number of carbonyl (C=O) groups is 3. The molecule has 2 heterocycles. The van der Waals surface area contributed by atoms with E-state index in [2.05, 4.69) is 20.6 Å². The molecule has 2 aromatic heterocycles. The monoisotopic (exact) mass is 452 g/mol. The molecule has 3 N–H and O–H groups in total. The fourth-order valence-electron chi connectivity index (χ4n) is 3.55. The summed E-state index contributed by atoms with van der Waals surface area (Å²) in [5.41, 5.74) is 1.52. The Morgan fingerprint density at radius 2 is 1.88 bits per heavy atom. The van der Waals surface area contributed by atoms with Gasteiger partial charge in [0, 0.05) is 28.9 Å². The molecule has 174 valence electrons. The van der Waals surface area contributed by atoms with Crippen LogP contribution in [-0.4, -0.2) is 48.0 Å². The molecule has 0 aliphatic carbocycles. The molecule has 33 heavy (non-hydrogen) atoms. The van der Waals surface area contributed by atoms with Gasteiger partial charge in [-0.2, -0.15) is 0 Å². The SMILES string of the molecule is COC(=O)C(NC(=O)[C@H](CC(C)C)NC(=O)c1cc2c(OC)cccc2[nH]1)c1cccnc1. The summed E-state index contributed by atoms with van der Waals surface area (Å²) in [7, 11) is 2.81. The Morgan fingerprint density at radius 3 is 2.52 bits per heavy atom. The zero-order valence-corrected chi connectivity index (χ0v) is 19.0. The van der Waals surface area contributed by atoms with Gasteiger partial charge >= 0.3 is 5.97 Å². The number of hydrogen-bond donors (Lipinski definition) is 3. The van der Waals surface area contributed by atoms with Crippen LogP contribution in [0.25, 0.3) is 10.9 Å². The van der Waals surface area contributed by atoms with E-state index in [-0.39, 0.29) is 5.92 Å². The first-order valence-electron chi connectivity index (χ1n) is 10.6. The average Bonchev–Trinajstić information content (AvgIpc) is 3.26. The highest BCUT2D eigenvalue weighted by Crippen LogP contribution is 2.26. The Morgan fingerprint density at radius 1 is 1.09 bits per heavy atom. The molecule has 0 fully saturated rings. The van der Waals surface area contributed by atoms with Crippen molar-refractivity contribution in [1.82, 2.24) is 20.6 Å². The average molecular weight is 453 g/mol. The third-order valence-corrected chi connectivity index (χ3v) is 5.16. The number of hydrogen-bond acceptors (Lipinski definition) is 6. The number of amides is 2. The Kier molecular flexibility index (Phi) is 7.66. The maximum Gasteiger partial charge on any atom is 0.333 e. The lowest BCUT2D eigenvalue weighted by atomic mass is 10.0. The van der Waals surface area contributed by atoms with E-state index in [0.29, 0.717) is 23.4 Å². The van der Waals surface area contributed by atoms with Gasteiger partial charge in [0.05, 0.1) is 14.2 Å². The molecule has 1 unspecified atom stereocenters. The summed E-state index contributed by atoms with van der Waals surface area (Å²) >= 11 is 0. The maximum atomic E-state index is 13.1. The van der Waals surface area contributed by atoms with Crippen LogP contribution in [0.2, 0.25) is 0 Å². The normalized spacial score (nSPS) is 12.8. The summed E-state index contributed by atoms with van der Waals surface area (Å²) in [4.78, 5) is 45.5. The highest BCUT2D eigenvalue weighted by molar-refractivity contribution is 6.01. The number of nitrogens with one attached hydrogen (secondary N) is 3. The maximum absolute atomic E-state index is 13.1. The van der Waals surface area contributed by atoms with Crippen molar-refractivity contribution in [3.05, 3.63) is 60.0 Å². The first-order chi connectivity index (χ1) is 15.8. The summed E-state index contributed by atoms with van der Waals surface area (Å²) in [6, 6.07) is 8.56. The molecule has 0 spiro atoms. The molecule has 3 rings (SSSR count). The van der Waals surface area contributed by atoms with E-state index in [1.807, 2.05) is 26.0 Å². The van der Waals surface area contributed by atoms with Crippen LogP contribution in [0.4, 0.5) is 0 Å². The number of pyridine rings is 1. The molecule has 0 radical (unpaired) electrons. The third kappa shape index (κ3) is 5.68. The van der Waals surface area contributed by atoms with Gasteiger partial charge in [-0.3, -0.25) is 14.6 Å². The van der Waals surface area contributed by atoms with Gasteiger partial charge in [0.25, 0.3) is 5.91 Å². The van der Waals surface area contributed by atoms with Crippen molar-refractivity contribution in [1.29, 1.82) is 0 Å². The van der Waals surface area contributed by atoms with Crippen molar-refractivity contribution in [3.8, 4) is 5.75 Å². The number of nitrogens with zero attached hydrogens (tertiary/aromatic N) is 1. The molecule has 2 amide bonds. The van der Waals surface area contributed by atoms with E-state index in [1.165, 1.54) is 13.3 Å². The van der Waals surface area contributed by atoms with Gasteiger partial charge < -0.3 is 25.1 Å².